The number of benzene rings is 2. The van der Waals surface area contributed by atoms with Crippen molar-refractivity contribution in [1.82, 2.24) is 0 Å². The third kappa shape index (κ3) is 3.06. The normalized spacial score (nSPS) is 10.3. The molecule has 1 amide bonds. The van der Waals surface area contributed by atoms with Crippen LogP contribution in [-0.2, 0) is 0 Å². The van der Waals surface area contributed by atoms with Crippen molar-refractivity contribution in [2.24, 2.45) is 0 Å². The summed E-state index contributed by atoms with van der Waals surface area (Å²) in [5.41, 5.74) is 2.70. The fourth-order valence-electron chi connectivity index (χ4n) is 1.76. The van der Waals surface area contributed by atoms with Crippen LogP contribution in [-0.4, -0.2) is 11.0 Å². The number of carbonyl (C=O) groups is 1. The summed E-state index contributed by atoms with van der Waals surface area (Å²) < 4.78 is 0. The van der Waals surface area contributed by atoms with Gasteiger partial charge in [-0.15, -0.1) is 0 Å². The number of nitrogens with one attached hydrogen (secondary N) is 1. The molecule has 0 aliphatic rings. The van der Waals surface area contributed by atoms with E-state index in [0.717, 1.165) is 5.56 Å². The molecule has 0 radical (unpaired) electrons. The molecular formula is C15H14ClNO2. The highest BCUT2D eigenvalue weighted by molar-refractivity contribution is 6.31. The first kappa shape index (κ1) is 13.4. The Labute approximate surface area is 116 Å². The summed E-state index contributed by atoms with van der Waals surface area (Å²) in [4.78, 5) is 12.1. The van der Waals surface area contributed by atoms with E-state index in [2.05, 4.69) is 5.32 Å². The van der Waals surface area contributed by atoms with Gasteiger partial charge in [0.2, 0.25) is 0 Å². The third-order valence-electron chi connectivity index (χ3n) is 2.88. The van der Waals surface area contributed by atoms with Crippen molar-refractivity contribution < 1.29 is 9.90 Å². The molecule has 19 heavy (non-hydrogen) atoms. The van der Waals surface area contributed by atoms with Crippen molar-refractivity contribution in [2.45, 2.75) is 13.8 Å². The molecule has 0 aliphatic heterocycles. The van der Waals surface area contributed by atoms with E-state index in [9.17, 15) is 9.90 Å². The second kappa shape index (κ2) is 5.33. The average Bonchev–Trinajstić information content (AvgIpc) is 2.36. The molecule has 0 spiro atoms. The van der Waals surface area contributed by atoms with E-state index in [-0.39, 0.29) is 11.7 Å². The van der Waals surface area contributed by atoms with Crippen molar-refractivity contribution in [2.75, 3.05) is 5.32 Å². The van der Waals surface area contributed by atoms with Crippen LogP contribution in [0.2, 0.25) is 5.02 Å². The summed E-state index contributed by atoms with van der Waals surface area (Å²) in [7, 11) is 0. The zero-order valence-corrected chi connectivity index (χ0v) is 11.5. The van der Waals surface area contributed by atoms with Gasteiger partial charge in [0.05, 0.1) is 0 Å². The summed E-state index contributed by atoms with van der Waals surface area (Å²) >= 11 is 5.86. The van der Waals surface area contributed by atoms with Gasteiger partial charge in [0.25, 0.3) is 5.91 Å². The topological polar surface area (TPSA) is 49.3 Å². The van der Waals surface area contributed by atoms with Crippen LogP contribution in [0.1, 0.15) is 21.5 Å². The average molecular weight is 276 g/mol. The molecule has 0 aromatic heterocycles. The quantitative estimate of drug-likeness (QED) is 0.816. The number of phenolic OH excluding ortho intramolecular Hbond substituents is 1. The van der Waals surface area contributed by atoms with E-state index in [1.165, 1.54) is 0 Å². The molecule has 0 heterocycles. The van der Waals surface area contributed by atoms with Crippen LogP contribution in [0.3, 0.4) is 0 Å². The highest BCUT2D eigenvalue weighted by Gasteiger charge is 2.09. The van der Waals surface area contributed by atoms with Gasteiger partial charge in [-0.3, -0.25) is 4.79 Å². The smallest absolute Gasteiger partial charge is 0.255 e. The van der Waals surface area contributed by atoms with Gasteiger partial charge in [-0.1, -0.05) is 17.7 Å². The number of amides is 1. The van der Waals surface area contributed by atoms with Crippen molar-refractivity contribution in [3.8, 4) is 5.75 Å². The van der Waals surface area contributed by atoms with E-state index >= 15 is 0 Å². The SMILES string of the molecule is Cc1cc(NC(=O)c2cccc(Cl)c2)c(C)cc1O. The molecule has 0 fully saturated rings. The Balaban J connectivity index is 2.27. The standard InChI is InChI=1S/C15H14ClNO2/c1-9-7-14(18)10(2)6-13(9)17-15(19)11-4-3-5-12(16)8-11/h3-8,18H,1-2H3,(H,17,19). The number of aromatic hydroxyl groups is 1. The molecule has 4 heteroatoms. The zero-order valence-electron chi connectivity index (χ0n) is 10.7. The maximum atomic E-state index is 12.1. The molecule has 0 unspecified atom stereocenters. The molecule has 0 bridgehead atoms. The summed E-state index contributed by atoms with van der Waals surface area (Å²) in [6.07, 6.45) is 0. The molecule has 0 saturated heterocycles. The van der Waals surface area contributed by atoms with Crippen molar-refractivity contribution in [3.63, 3.8) is 0 Å². The van der Waals surface area contributed by atoms with E-state index in [1.807, 2.05) is 6.92 Å². The Morgan fingerprint density at radius 2 is 1.89 bits per heavy atom. The molecule has 2 rings (SSSR count). The molecule has 0 aliphatic carbocycles. The molecule has 2 N–H and O–H groups in total. The lowest BCUT2D eigenvalue weighted by atomic mass is 10.1. The second-order valence-electron chi connectivity index (χ2n) is 4.42. The van der Waals surface area contributed by atoms with E-state index in [0.29, 0.717) is 21.8 Å². The van der Waals surface area contributed by atoms with Gasteiger partial charge in [0, 0.05) is 16.3 Å². The Morgan fingerprint density at radius 1 is 1.16 bits per heavy atom. The monoisotopic (exact) mass is 275 g/mol. The maximum absolute atomic E-state index is 12.1. The van der Waals surface area contributed by atoms with Crippen LogP contribution < -0.4 is 5.32 Å². The number of rotatable bonds is 2. The summed E-state index contributed by atoms with van der Waals surface area (Å²) in [6.45, 7) is 3.61. The highest BCUT2D eigenvalue weighted by Crippen LogP contribution is 2.25. The van der Waals surface area contributed by atoms with Crippen LogP contribution in [0.4, 0.5) is 5.69 Å². The first-order chi connectivity index (χ1) is 8.97. The minimum atomic E-state index is -0.226. The minimum absolute atomic E-state index is 0.221. The number of hydrogen-bond donors (Lipinski definition) is 2. The lowest BCUT2D eigenvalue weighted by Gasteiger charge is -2.10. The fraction of sp³-hybridized carbons (Fsp3) is 0.133. The molecule has 0 saturated carbocycles. The van der Waals surface area contributed by atoms with Crippen LogP contribution >= 0.6 is 11.6 Å². The van der Waals surface area contributed by atoms with E-state index in [4.69, 9.17) is 11.6 Å². The van der Waals surface area contributed by atoms with E-state index < -0.39 is 0 Å². The van der Waals surface area contributed by atoms with Crippen LogP contribution in [0, 0.1) is 13.8 Å². The molecule has 3 nitrogen and oxygen atoms in total. The predicted molar refractivity (Wildman–Crippen MR) is 77.0 cm³/mol. The van der Waals surface area contributed by atoms with Gasteiger partial charge in [0.1, 0.15) is 5.75 Å². The molecular weight excluding hydrogens is 262 g/mol. The van der Waals surface area contributed by atoms with E-state index in [1.54, 1.807) is 43.3 Å². The second-order valence-corrected chi connectivity index (χ2v) is 4.85. The van der Waals surface area contributed by atoms with Crippen LogP contribution in [0.15, 0.2) is 36.4 Å². The zero-order chi connectivity index (χ0) is 14.0. The summed E-state index contributed by atoms with van der Waals surface area (Å²) in [5.74, 6) is -0.00561. The number of hydrogen-bond acceptors (Lipinski definition) is 2. The molecule has 2 aromatic rings. The predicted octanol–water partition coefficient (Wildman–Crippen LogP) is 3.91. The number of carbonyl (C=O) groups excluding carboxylic acids is 1. The van der Waals surface area contributed by atoms with Crippen LogP contribution in [0.5, 0.6) is 5.75 Å². The van der Waals surface area contributed by atoms with Crippen molar-refractivity contribution in [1.29, 1.82) is 0 Å². The maximum Gasteiger partial charge on any atom is 0.255 e. The number of anilines is 1. The highest BCUT2D eigenvalue weighted by atomic mass is 35.5. The largest absolute Gasteiger partial charge is 0.508 e. The Bertz CT molecular complexity index is 638. The lowest BCUT2D eigenvalue weighted by molar-refractivity contribution is 0.102. The Morgan fingerprint density at radius 3 is 2.58 bits per heavy atom. The molecule has 0 atom stereocenters. The first-order valence-corrected chi connectivity index (χ1v) is 6.22. The van der Waals surface area contributed by atoms with Gasteiger partial charge in [-0.2, -0.15) is 0 Å². The summed E-state index contributed by atoms with van der Waals surface area (Å²) in [5, 5.41) is 12.9. The van der Waals surface area contributed by atoms with Crippen molar-refractivity contribution >= 4 is 23.2 Å². The number of aryl methyl sites for hydroxylation is 2. The van der Waals surface area contributed by atoms with Gasteiger partial charge in [-0.25, -0.2) is 0 Å². The fourth-order valence-corrected chi connectivity index (χ4v) is 1.95. The lowest BCUT2D eigenvalue weighted by Crippen LogP contribution is -2.12. The minimum Gasteiger partial charge on any atom is -0.508 e. The van der Waals surface area contributed by atoms with Gasteiger partial charge >= 0.3 is 0 Å². The van der Waals surface area contributed by atoms with Crippen molar-refractivity contribution in [3.05, 3.63) is 58.1 Å². The van der Waals surface area contributed by atoms with Gasteiger partial charge in [0.15, 0.2) is 0 Å². The third-order valence-corrected chi connectivity index (χ3v) is 3.11. The number of halogens is 1. The Kier molecular flexibility index (Phi) is 3.76. The van der Waals surface area contributed by atoms with Crippen LogP contribution in [0.25, 0.3) is 0 Å². The Hall–Kier alpha value is -2.00. The van der Waals surface area contributed by atoms with Gasteiger partial charge in [-0.05, 0) is 55.3 Å². The number of phenols is 1. The first-order valence-electron chi connectivity index (χ1n) is 5.84. The summed E-state index contributed by atoms with van der Waals surface area (Å²) in [6, 6.07) is 10.1. The molecule has 98 valence electrons. The molecule has 2 aromatic carbocycles. The van der Waals surface area contributed by atoms with Gasteiger partial charge < -0.3 is 10.4 Å².